The second-order valence-corrected chi connectivity index (χ2v) is 5.86. The summed E-state index contributed by atoms with van der Waals surface area (Å²) >= 11 is 0. The van der Waals surface area contributed by atoms with Gasteiger partial charge in [0.1, 0.15) is 0 Å². The molecule has 1 aliphatic heterocycles. The summed E-state index contributed by atoms with van der Waals surface area (Å²) in [5.74, 6) is -0.247. The third-order valence-electron chi connectivity index (χ3n) is 4.12. The average Bonchev–Trinajstić information content (AvgIpc) is 2.58. The van der Waals surface area contributed by atoms with E-state index in [1.165, 1.54) is 4.90 Å². The molecule has 1 saturated heterocycles. The van der Waals surface area contributed by atoms with Crippen LogP contribution in [0.1, 0.15) is 12.0 Å². The summed E-state index contributed by atoms with van der Waals surface area (Å²) in [5, 5.41) is 11.7. The standard InChI is InChI=1S/C18H25N3O3/c1-20(12-13-22)17(23)14-16-18(24)19-9-11-21(16)10-5-8-15-6-3-2-4-7-15/h2-8,16,22H,9-14H2,1H3,(H,19,24). The Morgan fingerprint density at radius 3 is 2.88 bits per heavy atom. The molecule has 2 amide bonds. The van der Waals surface area contributed by atoms with Crippen LogP contribution in [0.15, 0.2) is 36.4 Å². The molecule has 130 valence electrons. The molecular weight excluding hydrogens is 306 g/mol. The summed E-state index contributed by atoms with van der Waals surface area (Å²) < 4.78 is 0. The molecule has 1 aliphatic rings. The second kappa shape index (κ2) is 9.20. The van der Waals surface area contributed by atoms with Crippen LogP contribution in [0.3, 0.4) is 0 Å². The van der Waals surface area contributed by atoms with E-state index in [1.807, 2.05) is 47.4 Å². The van der Waals surface area contributed by atoms with Gasteiger partial charge in [0.15, 0.2) is 0 Å². The minimum Gasteiger partial charge on any atom is -0.395 e. The van der Waals surface area contributed by atoms with Gasteiger partial charge in [-0.15, -0.1) is 0 Å². The molecule has 6 heteroatoms. The number of carbonyl (C=O) groups excluding carboxylic acids is 2. The molecule has 2 N–H and O–H groups in total. The molecule has 1 fully saturated rings. The topological polar surface area (TPSA) is 72.9 Å². The van der Waals surface area contributed by atoms with Gasteiger partial charge in [0.2, 0.25) is 11.8 Å². The SMILES string of the molecule is CN(CCO)C(=O)CC1C(=O)NCCN1CC=Cc1ccccc1. The fraction of sp³-hybridized carbons (Fsp3) is 0.444. The number of aliphatic hydroxyl groups excluding tert-OH is 1. The maximum Gasteiger partial charge on any atom is 0.237 e. The van der Waals surface area contributed by atoms with Crippen LogP contribution in [0, 0.1) is 0 Å². The van der Waals surface area contributed by atoms with E-state index < -0.39 is 6.04 Å². The van der Waals surface area contributed by atoms with Crippen molar-refractivity contribution in [2.45, 2.75) is 12.5 Å². The molecule has 0 spiro atoms. The van der Waals surface area contributed by atoms with Gasteiger partial charge in [-0.3, -0.25) is 14.5 Å². The summed E-state index contributed by atoms with van der Waals surface area (Å²) in [6.45, 7) is 2.12. The first-order valence-electron chi connectivity index (χ1n) is 8.20. The Labute approximate surface area is 142 Å². The first kappa shape index (κ1) is 18.2. The van der Waals surface area contributed by atoms with E-state index >= 15 is 0 Å². The minimum absolute atomic E-state index is 0.0807. The number of piperazine rings is 1. The highest BCUT2D eigenvalue weighted by Crippen LogP contribution is 2.11. The fourth-order valence-corrected chi connectivity index (χ4v) is 2.69. The van der Waals surface area contributed by atoms with E-state index in [4.69, 9.17) is 5.11 Å². The van der Waals surface area contributed by atoms with Crippen molar-refractivity contribution in [3.63, 3.8) is 0 Å². The zero-order valence-corrected chi connectivity index (χ0v) is 14.0. The zero-order chi connectivity index (χ0) is 17.4. The summed E-state index contributed by atoms with van der Waals surface area (Å²) in [5.41, 5.74) is 1.11. The van der Waals surface area contributed by atoms with Crippen molar-refractivity contribution in [2.24, 2.45) is 0 Å². The van der Waals surface area contributed by atoms with E-state index in [0.717, 1.165) is 5.56 Å². The normalized spacial score (nSPS) is 18.6. The largest absolute Gasteiger partial charge is 0.395 e. The number of nitrogens with one attached hydrogen (secondary N) is 1. The highest BCUT2D eigenvalue weighted by Gasteiger charge is 2.31. The van der Waals surface area contributed by atoms with Gasteiger partial charge in [-0.05, 0) is 5.56 Å². The maximum atomic E-state index is 12.2. The van der Waals surface area contributed by atoms with Gasteiger partial charge in [-0.1, -0.05) is 42.5 Å². The molecule has 0 aromatic heterocycles. The number of aliphatic hydroxyl groups is 1. The molecule has 1 unspecified atom stereocenters. The highest BCUT2D eigenvalue weighted by molar-refractivity contribution is 5.88. The van der Waals surface area contributed by atoms with Crippen LogP contribution in [-0.4, -0.2) is 72.6 Å². The Morgan fingerprint density at radius 1 is 1.42 bits per heavy atom. The van der Waals surface area contributed by atoms with Crippen LogP contribution < -0.4 is 5.32 Å². The monoisotopic (exact) mass is 331 g/mol. The quantitative estimate of drug-likeness (QED) is 0.756. The highest BCUT2D eigenvalue weighted by atomic mass is 16.3. The molecule has 1 heterocycles. The number of likely N-dealkylation sites (N-methyl/N-ethyl adjacent to an activating group) is 1. The van der Waals surface area contributed by atoms with Crippen LogP contribution >= 0.6 is 0 Å². The molecule has 1 aromatic carbocycles. The predicted molar refractivity (Wildman–Crippen MR) is 93.2 cm³/mol. The van der Waals surface area contributed by atoms with Gasteiger partial charge in [0, 0.05) is 33.2 Å². The van der Waals surface area contributed by atoms with Gasteiger partial charge in [-0.2, -0.15) is 0 Å². The van der Waals surface area contributed by atoms with Crippen molar-refractivity contribution in [1.82, 2.24) is 15.1 Å². The Kier molecular flexibility index (Phi) is 6.96. The molecule has 2 rings (SSSR count). The lowest BCUT2D eigenvalue weighted by Gasteiger charge is -2.34. The first-order valence-corrected chi connectivity index (χ1v) is 8.20. The number of rotatable bonds is 7. The number of hydrogen-bond acceptors (Lipinski definition) is 4. The van der Waals surface area contributed by atoms with E-state index in [9.17, 15) is 9.59 Å². The lowest BCUT2D eigenvalue weighted by Crippen LogP contribution is -2.56. The molecule has 0 aliphatic carbocycles. The molecule has 24 heavy (non-hydrogen) atoms. The van der Waals surface area contributed by atoms with Crippen molar-refractivity contribution < 1.29 is 14.7 Å². The molecule has 1 atom stereocenters. The molecule has 1 aromatic rings. The zero-order valence-electron chi connectivity index (χ0n) is 14.0. The van der Waals surface area contributed by atoms with E-state index in [2.05, 4.69) is 5.32 Å². The Morgan fingerprint density at radius 2 is 2.17 bits per heavy atom. The fourth-order valence-electron chi connectivity index (χ4n) is 2.69. The average molecular weight is 331 g/mol. The molecular formula is C18H25N3O3. The number of carbonyl (C=O) groups is 2. The number of nitrogens with zero attached hydrogens (tertiary/aromatic N) is 2. The molecule has 6 nitrogen and oxygen atoms in total. The van der Waals surface area contributed by atoms with Gasteiger partial charge < -0.3 is 15.3 Å². The molecule has 0 bridgehead atoms. The van der Waals surface area contributed by atoms with Crippen LogP contribution in [0.4, 0.5) is 0 Å². The second-order valence-electron chi connectivity index (χ2n) is 5.86. The minimum atomic E-state index is -0.465. The van der Waals surface area contributed by atoms with Gasteiger partial charge in [0.25, 0.3) is 0 Å². The molecule has 0 radical (unpaired) electrons. The van der Waals surface area contributed by atoms with Gasteiger partial charge in [-0.25, -0.2) is 0 Å². The predicted octanol–water partition coefficient (Wildman–Crippen LogP) is 0.341. The van der Waals surface area contributed by atoms with Gasteiger partial charge >= 0.3 is 0 Å². The summed E-state index contributed by atoms with van der Waals surface area (Å²) in [6, 6.07) is 9.50. The van der Waals surface area contributed by atoms with Crippen molar-refractivity contribution >= 4 is 17.9 Å². The van der Waals surface area contributed by atoms with Crippen molar-refractivity contribution in [2.75, 3.05) is 39.8 Å². The summed E-state index contributed by atoms with van der Waals surface area (Å²) in [7, 11) is 1.64. The maximum absolute atomic E-state index is 12.2. The number of amides is 2. The van der Waals surface area contributed by atoms with E-state index in [1.54, 1.807) is 7.05 Å². The van der Waals surface area contributed by atoms with Crippen LogP contribution in [-0.2, 0) is 9.59 Å². The summed E-state index contributed by atoms with van der Waals surface area (Å²) in [4.78, 5) is 27.8. The van der Waals surface area contributed by atoms with Crippen molar-refractivity contribution in [1.29, 1.82) is 0 Å². The third kappa shape index (κ3) is 5.18. The number of benzene rings is 1. The van der Waals surface area contributed by atoms with Gasteiger partial charge in [0.05, 0.1) is 19.1 Å². The Balaban J connectivity index is 1.96. The van der Waals surface area contributed by atoms with Crippen LogP contribution in [0.2, 0.25) is 0 Å². The van der Waals surface area contributed by atoms with Crippen LogP contribution in [0.5, 0.6) is 0 Å². The van der Waals surface area contributed by atoms with E-state index in [0.29, 0.717) is 19.6 Å². The number of hydrogen-bond donors (Lipinski definition) is 2. The van der Waals surface area contributed by atoms with E-state index in [-0.39, 0.29) is 31.4 Å². The van der Waals surface area contributed by atoms with Crippen molar-refractivity contribution in [3.05, 3.63) is 42.0 Å². The third-order valence-corrected chi connectivity index (χ3v) is 4.12. The van der Waals surface area contributed by atoms with Crippen LogP contribution in [0.25, 0.3) is 6.08 Å². The Hall–Kier alpha value is -2.18. The molecule has 0 saturated carbocycles. The summed E-state index contributed by atoms with van der Waals surface area (Å²) in [6.07, 6.45) is 4.16. The first-order chi connectivity index (χ1) is 11.6. The lowest BCUT2D eigenvalue weighted by molar-refractivity contribution is -0.138. The smallest absolute Gasteiger partial charge is 0.237 e. The Bertz CT molecular complexity index is 574. The van der Waals surface area contributed by atoms with Crippen molar-refractivity contribution in [3.8, 4) is 0 Å². The lowest BCUT2D eigenvalue weighted by atomic mass is 10.1.